The standard InChI is InChI=1S/C10H9N5OS4/c1-3-5-12-8(13-19-5)18-10-14-20-9-11-4(2)6(17)7(16)15(9)10/h17H,3H2,1-2H3. The van der Waals surface area contributed by atoms with Crippen LogP contribution in [0.1, 0.15) is 17.6 Å². The minimum atomic E-state index is -0.210. The average molecular weight is 343 g/mol. The van der Waals surface area contributed by atoms with Gasteiger partial charge < -0.3 is 0 Å². The minimum absolute atomic E-state index is 0.210. The van der Waals surface area contributed by atoms with Gasteiger partial charge in [0.15, 0.2) is 5.16 Å². The fourth-order valence-electron chi connectivity index (χ4n) is 1.51. The molecular weight excluding hydrogens is 334 g/mol. The smallest absolute Gasteiger partial charge is 0.267 e. The lowest BCUT2D eigenvalue weighted by Crippen LogP contribution is -2.17. The Balaban J connectivity index is 2.08. The number of hydrogen-bond acceptors (Lipinski definition) is 9. The third kappa shape index (κ3) is 2.36. The lowest BCUT2D eigenvalue weighted by atomic mass is 10.4. The van der Waals surface area contributed by atoms with Crippen LogP contribution in [-0.2, 0) is 6.42 Å². The van der Waals surface area contributed by atoms with E-state index < -0.39 is 0 Å². The molecule has 0 bridgehead atoms. The second-order valence-electron chi connectivity index (χ2n) is 3.86. The predicted molar refractivity (Wildman–Crippen MR) is 82.5 cm³/mol. The van der Waals surface area contributed by atoms with Crippen LogP contribution in [0, 0.1) is 6.92 Å². The van der Waals surface area contributed by atoms with E-state index in [1.165, 1.54) is 39.2 Å². The van der Waals surface area contributed by atoms with E-state index >= 15 is 0 Å². The molecule has 6 nitrogen and oxygen atoms in total. The quantitative estimate of drug-likeness (QED) is 0.736. The summed E-state index contributed by atoms with van der Waals surface area (Å²) in [6.45, 7) is 3.78. The zero-order valence-corrected chi connectivity index (χ0v) is 13.9. The number of aromatic nitrogens is 5. The minimum Gasteiger partial charge on any atom is -0.267 e. The maximum Gasteiger partial charge on any atom is 0.274 e. The van der Waals surface area contributed by atoms with Gasteiger partial charge in [-0.1, -0.05) is 6.92 Å². The van der Waals surface area contributed by atoms with Gasteiger partial charge in [0.1, 0.15) is 5.01 Å². The molecule has 3 rings (SSSR count). The molecule has 0 unspecified atom stereocenters. The van der Waals surface area contributed by atoms with Gasteiger partial charge in [0.05, 0.1) is 10.6 Å². The van der Waals surface area contributed by atoms with Crippen molar-refractivity contribution < 1.29 is 0 Å². The van der Waals surface area contributed by atoms with Crippen LogP contribution >= 0.6 is 47.5 Å². The Morgan fingerprint density at radius 3 is 2.80 bits per heavy atom. The average Bonchev–Trinajstić information content (AvgIpc) is 3.04. The van der Waals surface area contributed by atoms with Gasteiger partial charge in [0, 0.05) is 11.5 Å². The normalized spacial score (nSPS) is 11.3. The molecule has 104 valence electrons. The van der Waals surface area contributed by atoms with Gasteiger partial charge in [0.25, 0.3) is 5.56 Å². The van der Waals surface area contributed by atoms with Crippen molar-refractivity contribution >= 4 is 52.4 Å². The molecule has 0 radical (unpaired) electrons. The second kappa shape index (κ2) is 5.43. The summed E-state index contributed by atoms with van der Waals surface area (Å²) < 4.78 is 9.96. The molecule has 0 N–H and O–H groups in total. The first-order valence-electron chi connectivity index (χ1n) is 5.68. The number of hydrogen-bond donors (Lipinski definition) is 1. The van der Waals surface area contributed by atoms with Crippen LogP contribution in [0.15, 0.2) is 20.0 Å². The van der Waals surface area contributed by atoms with Crippen LogP contribution in [0.25, 0.3) is 4.96 Å². The highest BCUT2D eigenvalue weighted by molar-refractivity contribution is 7.99. The third-order valence-corrected chi connectivity index (χ3v) is 5.66. The summed E-state index contributed by atoms with van der Waals surface area (Å²) in [7, 11) is 0. The molecule has 0 amide bonds. The molecule has 0 aliphatic heterocycles. The molecule has 0 aromatic carbocycles. The zero-order chi connectivity index (χ0) is 14.3. The Labute approximate surface area is 132 Å². The summed E-state index contributed by atoms with van der Waals surface area (Å²) in [5, 5.41) is 2.09. The zero-order valence-electron chi connectivity index (χ0n) is 10.5. The van der Waals surface area contributed by atoms with Crippen molar-refractivity contribution in [3.05, 3.63) is 21.1 Å². The molecule has 0 fully saturated rings. The van der Waals surface area contributed by atoms with Crippen molar-refractivity contribution in [3.8, 4) is 0 Å². The van der Waals surface area contributed by atoms with Crippen molar-refractivity contribution in [2.75, 3.05) is 0 Å². The van der Waals surface area contributed by atoms with Crippen molar-refractivity contribution in [1.82, 2.24) is 23.1 Å². The van der Waals surface area contributed by atoms with Crippen LogP contribution in [0.4, 0.5) is 0 Å². The van der Waals surface area contributed by atoms with Gasteiger partial charge in [0.2, 0.25) is 10.1 Å². The van der Waals surface area contributed by atoms with Crippen molar-refractivity contribution in [3.63, 3.8) is 0 Å². The van der Waals surface area contributed by atoms with Gasteiger partial charge in [-0.3, -0.25) is 4.79 Å². The number of nitrogens with zero attached hydrogens (tertiary/aromatic N) is 5. The van der Waals surface area contributed by atoms with Gasteiger partial charge >= 0.3 is 0 Å². The van der Waals surface area contributed by atoms with Crippen LogP contribution in [0.3, 0.4) is 0 Å². The summed E-state index contributed by atoms with van der Waals surface area (Å²) in [5.74, 6) is 0. The topological polar surface area (TPSA) is 73.0 Å². The molecule has 0 aliphatic carbocycles. The van der Waals surface area contributed by atoms with E-state index in [-0.39, 0.29) is 5.56 Å². The van der Waals surface area contributed by atoms with E-state index in [9.17, 15) is 4.79 Å². The molecule has 0 atom stereocenters. The van der Waals surface area contributed by atoms with Crippen LogP contribution in [0.2, 0.25) is 0 Å². The van der Waals surface area contributed by atoms with E-state index in [1.807, 2.05) is 6.92 Å². The molecule has 20 heavy (non-hydrogen) atoms. The third-order valence-electron chi connectivity index (χ3n) is 2.53. The summed E-state index contributed by atoms with van der Waals surface area (Å²) in [6, 6.07) is 0. The lowest BCUT2D eigenvalue weighted by Gasteiger charge is -1.99. The van der Waals surface area contributed by atoms with Crippen molar-refractivity contribution in [2.45, 2.75) is 35.5 Å². The first-order valence-corrected chi connectivity index (χ1v) is 8.49. The summed E-state index contributed by atoms with van der Waals surface area (Å²) in [6.07, 6.45) is 0.845. The second-order valence-corrected chi connectivity index (χ2v) is 6.81. The highest BCUT2D eigenvalue weighted by Gasteiger charge is 2.16. The van der Waals surface area contributed by atoms with Gasteiger partial charge in [-0.05, 0) is 36.6 Å². The van der Waals surface area contributed by atoms with Crippen LogP contribution < -0.4 is 5.56 Å². The van der Waals surface area contributed by atoms with E-state index in [0.717, 1.165) is 11.4 Å². The molecule has 3 aromatic rings. The molecule has 0 aliphatic rings. The highest BCUT2D eigenvalue weighted by atomic mass is 32.2. The Morgan fingerprint density at radius 1 is 1.30 bits per heavy atom. The predicted octanol–water partition coefficient (Wildman–Crippen LogP) is 2.31. The fraction of sp³-hybridized carbons (Fsp3) is 0.300. The highest BCUT2D eigenvalue weighted by Crippen LogP contribution is 2.27. The van der Waals surface area contributed by atoms with Crippen molar-refractivity contribution in [1.29, 1.82) is 0 Å². The molecular formula is C10H9N5OS4. The monoisotopic (exact) mass is 343 g/mol. The fourth-order valence-corrected chi connectivity index (χ4v) is 4.03. The molecule has 0 saturated heterocycles. The van der Waals surface area contributed by atoms with Crippen LogP contribution in [0.5, 0.6) is 0 Å². The first kappa shape index (κ1) is 14.0. The van der Waals surface area contributed by atoms with E-state index in [2.05, 4.69) is 31.3 Å². The van der Waals surface area contributed by atoms with Gasteiger partial charge in [-0.2, -0.15) is 8.75 Å². The Kier molecular flexibility index (Phi) is 3.80. The molecule has 0 saturated carbocycles. The number of rotatable bonds is 3. The van der Waals surface area contributed by atoms with Crippen molar-refractivity contribution in [2.24, 2.45) is 0 Å². The number of fused-ring (bicyclic) bond motifs is 1. The van der Waals surface area contributed by atoms with Gasteiger partial charge in [-0.15, -0.1) is 12.6 Å². The first-order chi connectivity index (χ1) is 9.60. The van der Waals surface area contributed by atoms with Crippen LogP contribution in [-0.4, -0.2) is 23.1 Å². The number of thiol groups is 1. The summed E-state index contributed by atoms with van der Waals surface area (Å²) >= 11 is 8.00. The Morgan fingerprint density at radius 2 is 2.10 bits per heavy atom. The molecule has 3 aromatic heterocycles. The van der Waals surface area contributed by atoms with E-state index in [0.29, 0.717) is 25.9 Å². The lowest BCUT2D eigenvalue weighted by molar-refractivity contribution is 0.862. The maximum atomic E-state index is 12.2. The largest absolute Gasteiger partial charge is 0.274 e. The maximum absolute atomic E-state index is 12.2. The summed E-state index contributed by atoms with van der Waals surface area (Å²) in [4.78, 5) is 21.8. The molecule has 3 heterocycles. The van der Waals surface area contributed by atoms with Gasteiger partial charge in [-0.25, -0.2) is 14.4 Å². The SMILES string of the molecule is CCc1nc(Sc2nsc3nc(C)c(S)c(=O)n23)ns1. The molecule has 0 spiro atoms. The van der Waals surface area contributed by atoms with E-state index in [4.69, 9.17) is 0 Å². The molecule has 10 heteroatoms. The summed E-state index contributed by atoms with van der Waals surface area (Å²) in [5.41, 5.74) is 0.400. The van der Waals surface area contributed by atoms with E-state index in [1.54, 1.807) is 6.92 Å². The number of aryl methyl sites for hydroxylation is 2. The Bertz CT molecular complexity index is 836. The Hall–Kier alpha value is -0.970.